The molecular weight excluding hydrogens is 400 g/mol. The molecule has 0 bridgehead atoms. The molecule has 0 fully saturated rings. The Morgan fingerprint density at radius 2 is 1.93 bits per heavy atom. The molecule has 1 aliphatic heterocycles. The van der Waals surface area contributed by atoms with Gasteiger partial charge in [-0.15, -0.1) is 12.4 Å². The molecule has 2 aromatic heterocycles. The number of hydrogen-bond donors (Lipinski definition) is 1. The van der Waals surface area contributed by atoms with Crippen molar-refractivity contribution in [2.45, 2.75) is 22.8 Å². The molecular formula is C19H17ClN4O3S. The van der Waals surface area contributed by atoms with Crippen LogP contribution in [0, 0.1) is 0 Å². The van der Waals surface area contributed by atoms with E-state index >= 15 is 0 Å². The average molecular weight is 417 g/mol. The van der Waals surface area contributed by atoms with Gasteiger partial charge < -0.3 is 9.73 Å². The van der Waals surface area contributed by atoms with Gasteiger partial charge in [0.05, 0.1) is 9.79 Å². The monoisotopic (exact) mass is 416 g/mol. The van der Waals surface area contributed by atoms with E-state index in [1.54, 1.807) is 42.5 Å². The number of nitrogens with zero attached hydrogens (tertiary/aromatic N) is 3. The van der Waals surface area contributed by atoms with Gasteiger partial charge in [0, 0.05) is 30.5 Å². The number of furan rings is 1. The predicted octanol–water partition coefficient (Wildman–Crippen LogP) is 2.91. The lowest BCUT2D eigenvalue weighted by atomic mass is 10.1. The molecule has 0 amide bonds. The first kappa shape index (κ1) is 18.7. The van der Waals surface area contributed by atoms with Crippen molar-refractivity contribution in [3.05, 3.63) is 66.4 Å². The van der Waals surface area contributed by atoms with E-state index in [1.807, 2.05) is 0 Å². The van der Waals surface area contributed by atoms with Crippen LogP contribution in [0.3, 0.4) is 0 Å². The summed E-state index contributed by atoms with van der Waals surface area (Å²) >= 11 is 0. The van der Waals surface area contributed by atoms with Gasteiger partial charge in [0.25, 0.3) is 0 Å². The lowest BCUT2D eigenvalue weighted by Crippen LogP contribution is -2.22. The molecule has 0 atom stereocenters. The summed E-state index contributed by atoms with van der Waals surface area (Å²) in [5.74, 6) is 0.888. The van der Waals surface area contributed by atoms with Crippen LogP contribution in [0.1, 0.15) is 11.3 Å². The summed E-state index contributed by atoms with van der Waals surface area (Å²) in [6.45, 7) is 1.48. The molecule has 3 heterocycles. The third kappa shape index (κ3) is 2.90. The first-order chi connectivity index (χ1) is 13.1. The molecule has 4 aromatic rings. The standard InChI is InChI=1S/C19H16N4O3S.ClH/c24-27(25,13-4-2-1-3-5-13)14-8-15-16-10-20-7-6-18(16)26-19(15)17(9-14)23-12-21-11-22-23;/h1-5,8-9,11-12,20H,6-7,10H2;1H. The van der Waals surface area contributed by atoms with Crippen molar-refractivity contribution in [1.82, 2.24) is 20.1 Å². The highest BCUT2D eigenvalue weighted by Gasteiger charge is 2.25. The zero-order valence-electron chi connectivity index (χ0n) is 14.7. The molecule has 144 valence electrons. The average Bonchev–Trinajstić information content (AvgIpc) is 3.36. The van der Waals surface area contributed by atoms with E-state index in [2.05, 4.69) is 15.4 Å². The number of sulfone groups is 1. The highest BCUT2D eigenvalue weighted by Crippen LogP contribution is 2.35. The van der Waals surface area contributed by atoms with Crippen LogP contribution >= 0.6 is 12.4 Å². The van der Waals surface area contributed by atoms with E-state index in [9.17, 15) is 8.42 Å². The van der Waals surface area contributed by atoms with E-state index in [0.29, 0.717) is 17.8 Å². The summed E-state index contributed by atoms with van der Waals surface area (Å²) < 4.78 is 34.0. The van der Waals surface area contributed by atoms with E-state index in [-0.39, 0.29) is 22.2 Å². The molecule has 0 spiro atoms. The van der Waals surface area contributed by atoms with Gasteiger partial charge in [0.15, 0.2) is 5.58 Å². The van der Waals surface area contributed by atoms with Crippen LogP contribution < -0.4 is 5.32 Å². The number of nitrogens with one attached hydrogen (secondary N) is 1. The summed E-state index contributed by atoms with van der Waals surface area (Å²) in [6, 6.07) is 11.7. The summed E-state index contributed by atoms with van der Waals surface area (Å²) in [6.07, 6.45) is 3.71. The number of benzene rings is 2. The summed E-state index contributed by atoms with van der Waals surface area (Å²) in [4.78, 5) is 4.45. The molecule has 0 aliphatic carbocycles. The van der Waals surface area contributed by atoms with Crippen LogP contribution in [0.5, 0.6) is 0 Å². The van der Waals surface area contributed by atoms with Crippen molar-refractivity contribution in [3.63, 3.8) is 0 Å². The van der Waals surface area contributed by atoms with Crippen molar-refractivity contribution in [3.8, 4) is 5.69 Å². The van der Waals surface area contributed by atoms with E-state index < -0.39 is 9.84 Å². The Bertz CT molecular complexity index is 1240. The smallest absolute Gasteiger partial charge is 0.206 e. The van der Waals surface area contributed by atoms with Crippen molar-refractivity contribution in [1.29, 1.82) is 0 Å². The second-order valence-electron chi connectivity index (χ2n) is 6.41. The quantitative estimate of drug-likeness (QED) is 0.552. The Hall–Kier alpha value is -2.68. The molecule has 5 rings (SSSR count). The van der Waals surface area contributed by atoms with Gasteiger partial charge >= 0.3 is 0 Å². The van der Waals surface area contributed by atoms with E-state index in [4.69, 9.17) is 4.42 Å². The maximum atomic E-state index is 13.2. The highest BCUT2D eigenvalue weighted by molar-refractivity contribution is 7.91. The van der Waals surface area contributed by atoms with Crippen molar-refractivity contribution < 1.29 is 12.8 Å². The van der Waals surface area contributed by atoms with Crippen molar-refractivity contribution in [2.75, 3.05) is 6.54 Å². The van der Waals surface area contributed by atoms with Gasteiger partial charge in [-0.25, -0.2) is 18.1 Å². The third-order valence-corrected chi connectivity index (χ3v) is 6.54. The SMILES string of the molecule is Cl.O=S(=O)(c1ccccc1)c1cc(-n2cncn2)c2oc3c(c2c1)CNCC3. The molecule has 0 saturated carbocycles. The molecule has 9 heteroatoms. The van der Waals surface area contributed by atoms with Crippen molar-refractivity contribution in [2.24, 2.45) is 0 Å². The maximum Gasteiger partial charge on any atom is 0.206 e. The third-order valence-electron chi connectivity index (χ3n) is 4.79. The Kier molecular flexibility index (Phi) is 4.70. The largest absolute Gasteiger partial charge is 0.458 e. The molecule has 2 aromatic carbocycles. The van der Waals surface area contributed by atoms with Gasteiger partial charge in [-0.1, -0.05) is 18.2 Å². The second kappa shape index (κ2) is 7.05. The van der Waals surface area contributed by atoms with Gasteiger partial charge in [-0.05, 0) is 24.3 Å². The van der Waals surface area contributed by atoms with Gasteiger partial charge in [-0.3, -0.25) is 0 Å². The minimum absolute atomic E-state index is 0. The fraction of sp³-hybridized carbons (Fsp3) is 0.158. The summed E-state index contributed by atoms with van der Waals surface area (Å²) in [5.41, 5.74) is 2.19. The summed E-state index contributed by atoms with van der Waals surface area (Å²) in [5, 5.41) is 8.28. The Morgan fingerprint density at radius 1 is 1.11 bits per heavy atom. The molecule has 0 saturated heterocycles. The number of aromatic nitrogens is 3. The lowest BCUT2D eigenvalue weighted by molar-refractivity contribution is 0.499. The second-order valence-corrected chi connectivity index (χ2v) is 8.36. The summed E-state index contributed by atoms with van der Waals surface area (Å²) in [7, 11) is -3.67. The van der Waals surface area contributed by atoms with Gasteiger partial charge in [0.1, 0.15) is 24.1 Å². The van der Waals surface area contributed by atoms with Crippen molar-refractivity contribution >= 4 is 33.2 Å². The normalized spacial score (nSPS) is 13.9. The minimum atomic E-state index is -3.67. The highest BCUT2D eigenvalue weighted by atomic mass is 35.5. The zero-order chi connectivity index (χ0) is 18.4. The Balaban J connectivity index is 0.00000192. The fourth-order valence-corrected chi connectivity index (χ4v) is 4.79. The molecule has 28 heavy (non-hydrogen) atoms. The number of rotatable bonds is 3. The van der Waals surface area contributed by atoms with Crippen LogP contribution in [0.4, 0.5) is 0 Å². The van der Waals surface area contributed by atoms with E-state index in [0.717, 1.165) is 29.7 Å². The molecule has 1 N–H and O–H groups in total. The number of hydrogen-bond acceptors (Lipinski definition) is 6. The predicted molar refractivity (Wildman–Crippen MR) is 106 cm³/mol. The molecule has 0 unspecified atom stereocenters. The van der Waals surface area contributed by atoms with Gasteiger partial charge in [0.2, 0.25) is 9.84 Å². The first-order valence-corrected chi connectivity index (χ1v) is 10.1. The molecule has 0 radical (unpaired) electrons. The Morgan fingerprint density at radius 3 is 2.68 bits per heavy atom. The number of halogens is 1. The van der Waals surface area contributed by atoms with Crippen LogP contribution in [0.25, 0.3) is 16.7 Å². The van der Waals surface area contributed by atoms with Crippen LogP contribution in [-0.2, 0) is 22.8 Å². The van der Waals surface area contributed by atoms with Crippen LogP contribution in [0.15, 0.2) is 69.3 Å². The lowest BCUT2D eigenvalue weighted by Gasteiger charge is -2.11. The zero-order valence-corrected chi connectivity index (χ0v) is 16.3. The van der Waals surface area contributed by atoms with Gasteiger partial charge in [-0.2, -0.15) is 5.10 Å². The van der Waals surface area contributed by atoms with E-state index in [1.165, 1.54) is 17.3 Å². The maximum absolute atomic E-state index is 13.2. The Labute approximate surface area is 167 Å². The van der Waals surface area contributed by atoms with Crippen LogP contribution in [0.2, 0.25) is 0 Å². The van der Waals surface area contributed by atoms with Crippen LogP contribution in [-0.4, -0.2) is 29.7 Å². The number of fused-ring (bicyclic) bond motifs is 3. The molecule has 1 aliphatic rings. The topological polar surface area (TPSA) is 90.0 Å². The minimum Gasteiger partial charge on any atom is -0.458 e. The fourth-order valence-electron chi connectivity index (χ4n) is 3.46. The molecule has 7 nitrogen and oxygen atoms in total. The first-order valence-electron chi connectivity index (χ1n) is 8.59.